The van der Waals surface area contributed by atoms with Crippen molar-refractivity contribution >= 4 is 34.4 Å². The van der Waals surface area contributed by atoms with E-state index in [1.165, 1.54) is 16.9 Å². The van der Waals surface area contributed by atoms with Crippen LogP contribution in [0.1, 0.15) is 36.0 Å². The quantitative estimate of drug-likeness (QED) is 0.658. The predicted molar refractivity (Wildman–Crippen MR) is 105 cm³/mol. The highest BCUT2D eigenvalue weighted by molar-refractivity contribution is 7.12. The molecule has 2 heterocycles. The lowest BCUT2D eigenvalue weighted by Gasteiger charge is -2.23. The van der Waals surface area contributed by atoms with Gasteiger partial charge in [0.2, 0.25) is 0 Å². The van der Waals surface area contributed by atoms with E-state index in [1.54, 1.807) is 12.3 Å². The molecule has 4 nitrogen and oxygen atoms in total. The van der Waals surface area contributed by atoms with Gasteiger partial charge in [-0.25, -0.2) is 4.98 Å². The Morgan fingerprint density at radius 1 is 1.04 bits per heavy atom. The van der Waals surface area contributed by atoms with E-state index in [1.807, 2.05) is 35.7 Å². The molecule has 5 heteroatoms. The molecule has 0 fully saturated rings. The zero-order valence-electron chi connectivity index (χ0n) is 14.5. The van der Waals surface area contributed by atoms with Gasteiger partial charge in [0.05, 0.1) is 16.8 Å². The van der Waals surface area contributed by atoms with Crippen LogP contribution in [0.4, 0.5) is 17.2 Å². The first-order chi connectivity index (χ1) is 11.9. The van der Waals surface area contributed by atoms with Crippen molar-refractivity contribution in [2.45, 2.75) is 26.2 Å². The summed E-state index contributed by atoms with van der Waals surface area (Å²) in [5.41, 5.74) is 2.98. The first-order valence-electron chi connectivity index (χ1n) is 8.11. The summed E-state index contributed by atoms with van der Waals surface area (Å²) in [7, 11) is 0. The second kappa shape index (κ2) is 7.07. The van der Waals surface area contributed by atoms with E-state index in [-0.39, 0.29) is 11.3 Å². The van der Waals surface area contributed by atoms with Crippen LogP contribution in [-0.4, -0.2) is 10.9 Å². The Morgan fingerprint density at radius 3 is 2.48 bits per heavy atom. The summed E-state index contributed by atoms with van der Waals surface area (Å²) in [5, 5.41) is 8.10. The Balaban J connectivity index is 1.73. The van der Waals surface area contributed by atoms with E-state index in [9.17, 15) is 4.79 Å². The van der Waals surface area contributed by atoms with Crippen molar-refractivity contribution in [1.82, 2.24) is 4.98 Å². The number of nitrogens with zero attached hydrogens (tertiary/aromatic N) is 1. The van der Waals surface area contributed by atoms with E-state index < -0.39 is 0 Å². The van der Waals surface area contributed by atoms with Crippen LogP contribution in [0.25, 0.3) is 0 Å². The van der Waals surface area contributed by atoms with Crippen molar-refractivity contribution in [3.05, 3.63) is 70.5 Å². The normalized spacial score (nSPS) is 11.2. The summed E-state index contributed by atoms with van der Waals surface area (Å²) in [6, 6.07) is 15.6. The molecular weight excluding hydrogens is 330 g/mol. The Kier molecular flexibility index (Phi) is 4.86. The van der Waals surface area contributed by atoms with Crippen LogP contribution in [0.3, 0.4) is 0 Å². The third-order valence-electron chi connectivity index (χ3n) is 3.76. The number of anilines is 3. The minimum Gasteiger partial charge on any atom is -0.340 e. The van der Waals surface area contributed by atoms with Gasteiger partial charge in [0.1, 0.15) is 5.82 Å². The number of hydrogen-bond acceptors (Lipinski definition) is 4. The molecule has 0 bridgehead atoms. The van der Waals surface area contributed by atoms with Gasteiger partial charge in [-0.1, -0.05) is 45.0 Å². The molecule has 0 unspecified atom stereocenters. The summed E-state index contributed by atoms with van der Waals surface area (Å²) in [6.07, 6.45) is 1.66. The highest BCUT2D eigenvalue weighted by Gasteiger charge is 2.17. The lowest BCUT2D eigenvalue weighted by atomic mass is 9.86. The van der Waals surface area contributed by atoms with E-state index in [0.29, 0.717) is 10.6 Å². The van der Waals surface area contributed by atoms with Crippen molar-refractivity contribution in [2.24, 2.45) is 0 Å². The molecule has 0 aliphatic carbocycles. The molecule has 0 saturated heterocycles. The fraction of sp³-hybridized carbons (Fsp3) is 0.200. The average Bonchev–Trinajstić information content (AvgIpc) is 3.11. The molecular formula is C20H21N3OS. The van der Waals surface area contributed by atoms with Crippen LogP contribution in [-0.2, 0) is 5.41 Å². The third-order valence-corrected chi connectivity index (χ3v) is 4.63. The number of aromatic nitrogens is 1. The molecule has 0 atom stereocenters. The molecule has 3 aromatic rings. The van der Waals surface area contributed by atoms with E-state index in [2.05, 4.69) is 48.5 Å². The largest absolute Gasteiger partial charge is 0.340 e. The molecule has 2 N–H and O–H groups in total. The van der Waals surface area contributed by atoms with Crippen molar-refractivity contribution < 1.29 is 4.79 Å². The van der Waals surface area contributed by atoms with Crippen LogP contribution >= 0.6 is 11.3 Å². The fourth-order valence-electron chi connectivity index (χ4n) is 2.53. The number of para-hydroxylation sites is 1. The van der Waals surface area contributed by atoms with Crippen LogP contribution in [0.5, 0.6) is 0 Å². The maximum atomic E-state index is 12.1. The fourth-order valence-corrected chi connectivity index (χ4v) is 3.15. The summed E-state index contributed by atoms with van der Waals surface area (Å²) in [6.45, 7) is 6.55. The monoisotopic (exact) mass is 351 g/mol. The zero-order chi connectivity index (χ0) is 17.9. The Labute approximate surface area is 151 Å². The van der Waals surface area contributed by atoms with Crippen molar-refractivity contribution in [3.63, 3.8) is 0 Å². The lowest BCUT2D eigenvalue weighted by Crippen LogP contribution is -2.14. The smallest absolute Gasteiger partial charge is 0.265 e. The second-order valence-corrected chi connectivity index (χ2v) is 7.73. The number of rotatable bonds is 4. The first-order valence-corrected chi connectivity index (χ1v) is 8.99. The maximum absolute atomic E-state index is 12.1. The Morgan fingerprint density at radius 2 is 1.84 bits per heavy atom. The Bertz CT molecular complexity index is 849. The highest BCUT2D eigenvalue weighted by atomic mass is 32.1. The Hall–Kier alpha value is -2.66. The summed E-state index contributed by atoms with van der Waals surface area (Å²) in [4.78, 5) is 17.2. The SMILES string of the molecule is CC(C)(C)c1ccccc1Nc1ccc(NC(=O)c2cccs2)cn1. The van der Waals surface area contributed by atoms with Crippen LogP contribution < -0.4 is 10.6 Å². The number of hydrogen-bond donors (Lipinski definition) is 2. The van der Waals surface area contributed by atoms with Gasteiger partial charge in [0.25, 0.3) is 5.91 Å². The van der Waals surface area contributed by atoms with Crippen LogP contribution in [0.2, 0.25) is 0 Å². The predicted octanol–water partition coefficient (Wildman–Crippen LogP) is 5.44. The van der Waals surface area contributed by atoms with Crippen molar-refractivity contribution in [3.8, 4) is 0 Å². The van der Waals surface area contributed by atoms with Gasteiger partial charge in [-0.2, -0.15) is 0 Å². The van der Waals surface area contributed by atoms with Gasteiger partial charge in [0, 0.05) is 5.69 Å². The minimum absolute atomic E-state index is 0.0399. The van der Waals surface area contributed by atoms with E-state index in [4.69, 9.17) is 0 Å². The molecule has 0 aliphatic rings. The highest BCUT2D eigenvalue weighted by Crippen LogP contribution is 2.31. The number of thiophene rings is 1. The first kappa shape index (κ1) is 17.2. The van der Waals surface area contributed by atoms with Gasteiger partial charge in [-0.15, -0.1) is 11.3 Å². The number of amides is 1. The topological polar surface area (TPSA) is 54.0 Å². The van der Waals surface area contributed by atoms with Crippen molar-refractivity contribution in [2.75, 3.05) is 10.6 Å². The van der Waals surface area contributed by atoms with Crippen LogP contribution in [0, 0.1) is 0 Å². The number of nitrogens with one attached hydrogen (secondary N) is 2. The third kappa shape index (κ3) is 4.25. The van der Waals surface area contributed by atoms with Gasteiger partial charge in [0.15, 0.2) is 0 Å². The standard InChI is InChI=1S/C20H21N3OS/c1-20(2,3)15-7-4-5-8-16(15)23-18-11-10-14(13-21-18)22-19(24)17-9-6-12-25-17/h4-13H,1-3H3,(H,21,23)(H,22,24). The molecule has 1 amide bonds. The van der Waals surface area contributed by atoms with Gasteiger partial charge >= 0.3 is 0 Å². The summed E-state index contributed by atoms with van der Waals surface area (Å²) in [5.74, 6) is 0.626. The molecule has 0 radical (unpaired) electrons. The maximum Gasteiger partial charge on any atom is 0.265 e. The zero-order valence-corrected chi connectivity index (χ0v) is 15.4. The molecule has 25 heavy (non-hydrogen) atoms. The summed E-state index contributed by atoms with van der Waals surface area (Å²) >= 11 is 1.41. The number of carbonyl (C=O) groups excluding carboxylic acids is 1. The molecule has 0 saturated carbocycles. The van der Waals surface area contributed by atoms with Crippen LogP contribution in [0.15, 0.2) is 60.1 Å². The summed E-state index contributed by atoms with van der Waals surface area (Å²) < 4.78 is 0. The van der Waals surface area contributed by atoms with Gasteiger partial charge in [-0.05, 0) is 40.6 Å². The molecule has 2 aromatic heterocycles. The molecule has 128 valence electrons. The molecule has 0 spiro atoms. The lowest BCUT2D eigenvalue weighted by molar-refractivity contribution is 0.103. The number of pyridine rings is 1. The second-order valence-electron chi connectivity index (χ2n) is 6.78. The van der Waals surface area contributed by atoms with E-state index in [0.717, 1.165) is 11.5 Å². The number of carbonyl (C=O) groups is 1. The van der Waals surface area contributed by atoms with Gasteiger partial charge < -0.3 is 10.6 Å². The van der Waals surface area contributed by atoms with Crippen molar-refractivity contribution in [1.29, 1.82) is 0 Å². The molecule has 0 aliphatic heterocycles. The number of benzene rings is 1. The average molecular weight is 351 g/mol. The van der Waals surface area contributed by atoms with Gasteiger partial charge in [-0.3, -0.25) is 4.79 Å². The molecule has 3 rings (SSSR count). The minimum atomic E-state index is -0.115. The van der Waals surface area contributed by atoms with E-state index >= 15 is 0 Å². The molecule has 1 aromatic carbocycles.